The summed E-state index contributed by atoms with van der Waals surface area (Å²) >= 11 is 9.08. The maximum atomic E-state index is 11.0. The Morgan fingerprint density at radius 2 is 2.13 bits per heavy atom. The first-order chi connectivity index (χ1) is 7.00. The first-order valence-corrected chi connectivity index (χ1v) is 5.10. The van der Waals surface area contributed by atoms with Gasteiger partial charge in [-0.05, 0) is 22.0 Å². The number of aromatic nitrogens is 3. The van der Waals surface area contributed by atoms with Gasteiger partial charge in [0.2, 0.25) is 0 Å². The van der Waals surface area contributed by atoms with Gasteiger partial charge < -0.3 is 5.11 Å². The van der Waals surface area contributed by atoms with E-state index in [1.807, 2.05) is 0 Å². The van der Waals surface area contributed by atoms with E-state index in [0.29, 0.717) is 9.99 Å². The highest BCUT2D eigenvalue weighted by Gasteiger charge is 2.19. The number of aromatic carboxylic acids is 1. The van der Waals surface area contributed by atoms with Gasteiger partial charge in [-0.25, -0.2) is 4.79 Å². The van der Waals surface area contributed by atoms with E-state index in [1.165, 1.54) is 10.9 Å². The first kappa shape index (κ1) is 10.4. The summed E-state index contributed by atoms with van der Waals surface area (Å²) in [5.41, 5.74) is 0.742. The number of carboxylic acids is 1. The second-order valence-electron chi connectivity index (χ2n) is 2.91. The van der Waals surface area contributed by atoms with Crippen molar-refractivity contribution in [3.63, 3.8) is 0 Å². The molecule has 0 bridgehead atoms. The van der Waals surface area contributed by atoms with Crippen molar-refractivity contribution in [3.05, 3.63) is 21.1 Å². The third-order valence-electron chi connectivity index (χ3n) is 1.88. The molecular weight excluding hydrogens is 285 g/mol. The number of fused-ring (bicyclic) bond motifs is 1. The van der Waals surface area contributed by atoms with Crippen molar-refractivity contribution >= 4 is 44.5 Å². The van der Waals surface area contributed by atoms with Gasteiger partial charge >= 0.3 is 5.97 Å². The normalized spacial score (nSPS) is 10.9. The van der Waals surface area contributed by atoms with Crippen LogP contribution in [0.4, 0.5) is 0 Å². The van der Waals surface area contributed by atoms with E-state index in [0.717, 1.165) is 0 Å². The molecule has 15 heavy (non-hydrogen) atoms. The summed E-state index contributed by atoms with van der Waals surface area (Å²) in [7, 11) is 1.62. The molecular formula is C8H5BrClN3O2. The van der Waals surface area contributed by atoms with E-state index in [2.05, 4.69) is 26.1 Å². The van der Waals surface area contributed by atoms with Gasteiger partial charge in [-0.2, -0.15) is 15.0 Å². The average Bonchev–Trinajstić information content (AvgIpc) is 2.45. The molecule has 0 aliphatic heterocycles. The minimum absolute atomic E-state index is 0.0250. The molecule has 0 saturated heterocycles. The van der Waals surface area contributed by atoms with Crippen LogP contribution in [0.25, 0.3) is 11.0 Å². The molecule has 78 valence electrons. The molecule has 1 N–H and O–H groups in total. The van der Waals surface area contributed by atoms with Crippen LogP contribution in [0.2, 0.25) is 5.02 Å². The zero-order chi connectivity index (χ0) is 11.2. The van der Waals surface area contributed by atoms with Gasteiger partial charge in [0.05, 0.1) is 5.02 Å². The Morgan fingerprint density at radius 3 is 2.73 bits per heavy atom. The molecule has 1 aromatic carbocycles. The highest BCUT2D eigenvalue weighted by molar-refractivity contribution is 9.10. The second-order valence-corrected chi connectivity index (χ2v) is 4.17. The molecule has 0 aliphatic carbocycles. The summed E-state index contributed by atoms with van der Waals surface area (Å²) in [6.45, 7) is 0. The first-order valence-electron chi connectivity index (χ1n) is 3.93. The van der Waals surface area contributed by atoms with Gasteiger partial charge in [0, 0.05) is 11.5 Å². The molecule has 0 amide bonds. The minimum atomic E-state index is -1.11. The molecule has 0 radical (unpaired) electrons. The number of aryl methyl sites for hydroxylation is 1. The molecule has 2 aromatic rings. The quantitative estimate of drug-likeness (QED) is 0.873. The van der Waals surface area contributed by atoms with E-state index in [-0.39, 0.29) is 16.1 Å². The number of hydrogen-bond acceptors (Lipinski definition) is 3. The van der Waals surface area contributed by atoms with E-state index < -0.39 is 5.97 Å². The molecule has 2 rings (SSSR count). The zero-order valence-electron chi connectivity index (χ0n) is 7.53. The topological polar surface area (TPSA) is 68.0 Å². The fourth-order valence-electron chi connectivity index (χ4n) is 1.30. The molecule has 0 spiro atoms. The molecule has 0 aliphatic rings. The maximum absolute atomic E-state index is 11.0. The molecule has 1 heterocycles. The van der Waals surface area contributed by atoms with Crippen molar-refractivity contribution in [2.75, 3.05) is 0 Å². The van der Waals surface area contributed by atoms with E-state index in [4.69, 9.17) is 16.7 Å². The molecule has 7 heteroatoms. The molecule has 0 atom stereocenters. The highest BCUT2D eigenvalue weighted by Crippen LogP contribution is 2.30. The summed E-state index contributed by atoms with van der Waals surface area (Å²) in [6, 6.07) is 1.50. The fourth-order valence-corrected chi connectivity index (χ4v) is 2.21. The van der Waals surface area contributed by atoms with Crippen LogP contribution < -0.4 is 0 Å². The Labute approximate surface area is 97.8 Å². The number of rotatable bonds is 1. The Hall–Kier alpha value is -1.14. The van der Waals surface area contributed by atoms with Crippen LogP contribution in [0.15, 0.2) is 10.5 Å². The fraction of sp³-hybridized carbons (Fsp3) is 0.125. The highest BCUT2D eigenvalue weighted by atomic mass is 79.9. The predicted octanol–water partition coefficient (Wildman–Crippen LogP) is 2.08. The second kappa shape index (κ2) is 3.46. The lowest BCUT2D eigenvalue weighted by Gasteiger charge is -1.99. The maximum Gasteiger partial charge on any atom is 0.339 e. The van der Waals surface area contributed by atoms with Gasteiger partial charge in [0.1, 0.15) is 16.6 Å². The monoisotopic (exact) mass is 289 g/mol. The molecule has 0 saturated carbocycles. The van der Waals surface area contributed by atoms with Crippen LogP contribution in [-0.4, -0.2) is 26.1 Å². The van der Waals surface area contributed by atoms with Crippen LogP contribution >= 0.6 is 27.5 Å². The number of carbonyl (C=O) groups is 1. The summed E-state index contributed by atoms with van der Waals surface area (Å²) in [5, 5.41) is 17.1. The van der Waals surface area contributed by atoms with Crippen molar-refractivity contribution in [3.8, 4) is 0 Å². The zero-order valence-corrected chi connectivity index (χ0v) is 9.87. The van der Waals surface area contributed by atoms with Crippen molar-refractivity contribution in [2.24, 2.45) is 7.05 Å². The number of carboxylic acid groups (broad SMARTS) is 1. The molecule has 5 nitrogen and oxygen atoms in total. The van der Waals surface area contributed by atoms with Crippen LogP contribution in [-0.2, 0) is 7.05 Å². The predicted molar refractivity (Wildman–Crippen MR) is 58.2 cm³/mol. The standard InChI is InChI=1S/C8H5BrClN3O2/c1-13-11-6-3(9)2-4(10)5(8(14)15)7(6)12-13/h2H,1H3,(H,14,15). The summed E-state index contributed by atoms with van der Waals surface area (Å²) in [6.07, 6.45) is 0. The van der Waals surface area contributed by atoms with Crippen LogP contribution in [0.3, 0.4) is 0 Å². The van der Waals surface area contributed by atoms with E-state index in [1.54, 1.807) is 7.05 Å². The van der Waals surface area contributed by atoms with Crippen molar-refractivity contribution in [2.45, 2.75) is 0 Å². The van der Waals surface area contributed by atoms with Gasteiger partial charge in [-0.15, -0.1) is 0 Å². The SMILES string of the molecule is Cn1nc2c(Br)cc(Cl)c(C(=O)O)c2n1. The number of halogens is 2. The number of nitrogens with zero attached hydrogens (tertiary/aromatic N) is 3. The van der Waals surface area contributed by atoms with Crippen molar-refractivity contribution in [1.82, 2.24) is 15.0 Å². The Bertz CT molecular complexity index is 567. The van der Waals surface area contributed by atoms with Gasteiger partial charge in [0.15, 0.2) is 0 Å². The minimum Gasteiger partial charge on any atom is -0.478 e. The smallest absolute Gasteiger partial charge is 0.339 e. The summed E-state index contributed by atoms with van der Waals surface area (Å²) in [4.78, 5) is 12.3. The van der Waals surface area contributed by atoms with Crippen LogP contribution in [0.1, 0.15) is 10.4 Å². The van der Waals surface area contributed by atoms with E-state index >= 15 is 0 Å². The lowest BCUT2D eigenvalue weighted by Crippen LogP contribution is -1.99. The van der Waals surface area contributed by atoms with Gasteiger partial charge in [-0.3, -0.25) is 0 Å². The third kappa shape index (κ3) is 1.59. The Morgan fingerprint density at radius 1 is 1.53 bits per heavy atom. The lowest BCUT2D eigenvalue weighted by molar-refractivity contribution is 0.0699. The van der Waals surface area contributed by atoms with Gasteiger partial charge in [0.25, 0.3) is 0 Å². The molecule has 0 unspecified atom stereocenters. The lowest BCUT2D eigenvalue weighted by atomic mass is 10.2. The largest absolute Gasteiger partial charge is 0.478 e. The Balaban J connectivity index is 2.95. The van der Waals surface area contributed by atoms with Gasteiger partial charge in [-0.1, -0.05) is 11.6 Å². The third-order valence-corrected chi connectivity index (χ3v) is 2.79. The number of hydrogen-bond donors (Lipinski definition) is 1. The average molecular weight is 291 g/mol. The van der Waals surface area contributed by atoms with E-state index in [9.17, 15) is 4.79 Å². The summed E-state index contributed by atoms with van der Waals surface area (Å²) < 4.78 is 0.626. The summed E-state index contributed by atoms with van der Waals surface area (Å²) in [5.74, 6) is -1.11. The number of benzene rings is 1. The Kier molecular flexibility index (Phi) is 2.40. The van der Waals surface area contributed by atoms with Crippen molar-refractivity contribution in [1.29, 1.82) is 0 Å². The molecule has 1 aromatic heterocycles. The van der Waals surface area contributed by atoms with Crippen molar-refractivity contribution < 1.29 is 9.90 Å². The van der Waals surface area contributed by atoms with Crippen LogP contribution in [0.5, 0.6) is 0 Å². The molecule has 0 fully saturated rings. The van der Waals surface area contributed by atoms with Crippen LogP contribution in [0, 0.1) is 0 Å².